The van der Waals surface area contributed by atoms with Crippen molar-refractivity contribution in [2.24, 2.45) is 7.05 Å². The van der Waals surface area contributed by atoms with Crippen LogP contribution in [-0.4, -0.2) is 15.5 Å². The number of carbonyl (C=O) groups is 1. The number of aryl methyl sites for hydroxylation is 1. The van der Waals surface area contributed by atoms with Crippen LogP contribution in [0, 0.1) is 0 Å². The van der Waals surface area contributed by atoms with Crippen molar-refractivity contribution < 1.29 is 4.79 Å². The van der Waals surface area contributed by atoms with E-state index in [0.29, 0.717) is 6.42 Å². The van der Waals surface area contributed by atoms with Crippen molar-refractivity contribution in [1.82, 2.24) is 14.9 Å². The zero-order valence-corrected chi connectivity index (χ0v) is 11.3. The lowest BCUT2D eigenvalue weighted by Crippen LogP contribution is -2.30. The Morgan fingerprint density at radius 2 is 2.11 bits per heavy atom. The number of hydrogen-bond acceptors (Lipinski definition) is 2. The SMILES string of the molecule is CCCC(=O)N[C@@H](c1ccccc1)c1nccn1C. The summed E-state index contributed by atoms with van der Waals surface area (Å²) in [7, 11) is 1.93. The summed E-state index contributed by atoms with van der Waals surface area (Å²) in [5.41, 5.74) is 1.04. The van der Waals surface area contributed by atoms with Gasteiger partial charge >= 0.3 is 0 Å². The van der Waals surface area contributed by atoms with Crippen LogP contribution in [0.25, 0.3) is 0 Å². The largest absolute Gasteiger partial charge is 0.342 e. The first-order valence-corrected chi connectivity index (χ1v) is 6.54. The average molecular weight is 257 g/mol. The number of rotatable bonds is 5. The number of aromatic nitrogens is 2. The maximum absolute atomic E-state index is 11.9. The van der Waals surface area contributed by atoms with Gasteiger partial charge < -0.3 is 9.88 Å². The molecule has 4 nitrogen and oxygen atoms in total. The van der Waals surface area contributed by atoms with Gasteiger partial charge in [-0.15, -0.1) is 0 Å². The van der Waals surface area contributed by atoms with Gasteiger partial charge in [-0.1, -0.05) is 37.3 Å². The van der Waals surface area contributed by atoms with E-state index in [1.807, 2.05) is 55.1 Å². The van der Waals surface area contributed by atoms with Crippen LogP contribution < -0.4 is 5.32 Å². The molecule has 100 valence electrons. The molecule has 2 aromatic rings. The number of carbonyl (C=O) groups excluding carboxylic acids is 1. The van der Waals surface area contributed by atoms with Gasteiger partial charge in [0.15, 0.2) is 0 Å². The number of amides is 1. The lowest BCUT2D eigenvalue weighted by Gasteiger charge is -2.19. The Morgan fingerprint density at radius 3 is 2.68 bits per heavy atom. The molecule has 1 aromatic heterocycles. The van der Waals surface area contributed by atoms with Crippen molar-refractivity contribution in [2.75, 3.05) is 0 Å². The first-order chi connectivity index (χ1) is 9.22. The summed E-state index contributed by atoms with van der Waals surface area (Å²) in [6, 6.07) is 9.72. The number of benzene rings is 1. The fourth-order valence-corrected chi connectivity index (χ4v) is 2.06. The summed E-state index contributed by atoms with van der Waals surface area (Å²) in [5, 5.41) is 3.06. The predicted octanol–water partition coefficient (Wildman–Crippen LogP) is 2.43. The summed E-state index contributed by atoms with van der Waals surface area (Å²) in [6.45, 7) is 2.00. The van der Waals surface area contributed by atoms with E-state index in [4.69, 9.17) is 0 Å². The van der Waals surface area contributed by atoms with Crippen molar-refractivity contribution >= 4 is 5.91 Å². The van der Waals surface area contributed by atoms with Gasteiger partial charge in [-0.05, 0) is 12.0 Å². The van der Waals surface area contributed by atoms with E-state index in [1.54, 1.807) is 6.20 Å². The third-order valence-corrected chi connectivity index (χ3v) is 3.03. The highest BCUT2D eigenvalue weighted by Gasteiger charge is 2.19. The van der Waals surface area contributed by atoms with E-state index in [0.717, 1.165) is 17.8 Å². The van der Waals surface area contributed by atoms with Crippen LogP contribution in [-0.2, 0) is 11.8 Å². The Hall–Kier alpha value is -2.10. The molecule has 19 heavy (non-hydrogen) atoms. The standard InChI is InChI=1S/C15H19N3O/c1-3-7-13(19)17-14(12-8-5-4-6-9-12)15-16-10-11-18(15)2/h4-6,8-11,14H,3,7H2,1-2H3,(H,17,19)/t14-/m0/s1. The number of hydrogen-bond donors (Lipinski definition) is 1. The zero-order valence-electron chi connectivity index (χ0n) is 11.3. The monoisotopic (exact) mass is 257 g/mol. The Labute approximate surface area is 113 Å². The average Bonchev–Trinajstić information content (AvgIpc) is 2.83. The van der Waals surface area contributed by atoms with E-state index < -0.39 is 0 Å². The van der Waals surface area contributed by atoms with Gasteiger partial charge in [-0.3, -0.25) is 4.79 Å². The summed E-state index contributed by atoms with van der Waals surface area (Å²) in [6.07, 6.45) is 5.01. The second-order valence-electron chi connectivity index (χ2n) is 4.56. The quantitative estimate of drug-likeness (QED) is 0.894. The maximum atomic E-state index is 11.9. The van der Waals surface area contributed by atoms with Crippen LogP contribution in [0.2, 0.25) is 0 Å². The lowest BCUT2D eigenvalue weighted by molar-refractivity contribution is -0.121. The second-order valence-corrected chi connectivity index (χ2v) is 4.56. The summed E-state index contributed by atoms with van der Waals surface area (Å²) in [5.74, 6) is 0.898. The summed E-state index contributed by atoms with van der Waals surface area (Å²) in [4.78, 5) is 16.2. The number of nitrogens with one attached hydrogen (secondary N) is 1. The molecule has 1 N–H and O–H groups in total. The molecule has 0 spiro atoms. The molecule has 0 fully saturated rings. The van der Waals surface area contributed by atoms with Gasteiger partial charge in [0.25, 0.3) is 0 Å². The highest BCUT2D eigenvalue weighted by atomic mass is 16.1. The Balaban J connectivity index is 2.29. The number of imidazole rings is 1. The fourth-order valence-electron chi connectivity index (χ4n) is 2.06. The smallest absolute Gasteiger partial charge is 0.220 e. The van der Waals surface area contributed by atoms with Gasteiger partial charge in [0.05, 0.1) is 0 Å². The molecule has 0 saturated heterocycles. The van der Waals surface area contributed by atoms with E-state index in [-0.39, 0.29) is 11.9 Å². The highest BCUT2D eigenvalue weighted by Crippen LogP contribution is 2.20. The third-order valence-electron chi connectivity index (χ3n) is 3.03. The first kappa shape index (κ1) is 13.3. The van der Waals surface area contributed by atoms with Gasteiger partial charge in [0.2, 0.25) is 5.91 Å². The molecular weight excluding hydrogens is 238 g/mol. The minimum Gasteiger partial charge on any atom is -0.342 e. The molecule has 1 heterocycles. The van der Waals surface area contributed by atoms with Gasteiger partial charge in [0, 0.05) is 25.9 Å². The normalized spacial score (nSPS) is 12.1. The van der Waals surface area contributed by atoms with Crippen LogP contribution >= 0.6 is 0 Å². The highest BCUT2D eigenvalue weighted by molar-refractivity contribution is 5.76. The molecule has 0 saturated carbocycles. The summed E-state index contributed by atoms with van der Waals surface area (Å²) < 4.78 is 1.93. The molecular formula is C15H19N3O. The topological polar surface area (TPSA) is 46.9 Å². The minimum atomic E-state index is -0.194. The van der Waals surface area contributed by atoms with Crippen molar-refractivity contribution in [2.45, 2.75) is 25.8 Å². The van der Waals surface area contributed by atoms with Crippen molar-refractivity contribution in [1.29, 1.82) is 0 Å². The third kappa shape index (κ3) is 3.22. The van der Waals surface area contributed by atoms with Crippen LogP contribution in [0.15, 0.2) is 42.7 Å². The van der Waals surface area contributed by atoms with Crippen LogP contribution in [0.1, 0.15) is 37.2 Å². The van der Waals surface area contributed by atoms with E-state index in [9.17, 15) is 4.79 Å². The first-order valence-electron chi connectivity index (χ1n) is 6.54. The summed E-state index contributed by atoms with van der Waals surface area (Å²) >= 11 is 0. The molecule has 1 atom stereocenters. The molecule has 0 radical (unpaired) electrons. The fraction of sp³-hybridized carbons (Fsp3) is 0.333. The molecule has 1 aromatic carbocycles. The van der Waals surface area contributed by atoms with Gasteiger partial charge in [0.1, 0.15) is 11.9 Å². The second kappa shape index (κ2) is 6.18. The molecule has 2 rings (SSSR count). The van der Waals surface area contributed by atoms with Gasteiger partial charge in [-0.25, -0.2) is 4.98 Å². The molecule has 0 bridgehead atoms. The number of nitrogens with zero attached hydrogens (tertiary/aromatic N) is 2. The van der Waals surface area contributed by atoms with Crippen LogP contribution in [0.3, 0.4) is 0 Å². The van der Waals surface area contributed by atoms with Crippen LogP contribution in [0.5, 0.6) is 0 Å². The van der Waals surface area contributed by atoms with E-state index in [2.05, 4.69) is 10.3 Å². The molecule has 4 heteroatoms. The molecule has 1 amide bonds. The maximum Gasteiger partial charge on any atom is 0.220 e. The molecule has 0 unspecified atom stereocenters. The zero-order chi connectivity index (χ0) is 13.7. The lowest BCUT2D eigenvalue weighted by atomic mass is 10.1. The van der Waals surface area contributed by atoms with Crippen molar-refractivity contribution in [3.63, 3.8) is 0 Å². The van der Waals surface area contributed by atoms with Crippen molar-refractivity contribution in [3.05, 3.63) is 54.1 Å². The van der Waals surface area contributed by atoms with E-state index in [1.165, 1.54) is 0 Å². The predicted molar refractivity (Wildman–Crippen MR) is 74.5 cm³/mol. The molecule has 0 aliphatic rings. The Kier molecular flexibility index (Phi) is 4.34. The minimum absolute atomic E-state index is 0.0550. The van der Waals surface area contributed by atoms with Crippen molar-refractivity contribution in [3.8, 4) is 0 Å². The van der Waals surface area contributed by atoms with Crippen LogP contribution in [0.4, 0.5) is 0 Å². The molecule has 0 aliphatic carbocycles. The molecule has 0 aliphatic heterocycles. The van der Waals surface area contributed by atoms with E-state index >= 15 is 0 Å². The Morgan fingerprint density at radius 1 is 1.37 bits per heavy atom. The van der Waals surface area contributed by atoms with Gasteiger partial charge in [-0.2, -0.15) is 0 Å². The Bertz CT molecular complexity index is 533.